The van der Waals surface area contributed by atoms with Crippen LogP contribution in [-0.4, -0.2) is 28.9 Å². The zero-order valence-electron chi connectivity index (χ0n) is 14.7. The van der Waals surface area contributed by atoms with Gasteiger partial charge in [0.1, 0.15) is 11.5 Å². The van der Waals surface area contributed by atoms with Crippen molar-refractivity contribution in [2.24, 2.45) is 5.10 Å². The van der Waals surface area contributed by atoms with E-state index in [1.54, 1.807) is 36.4 Å². The van der Waals surface area contributed by atoms with Gasteiger partial charge in [-0.25, -0.2) is 5.43 Å². The average molecular weight is 500 g/mol. The predicted octanol–water partition coefficient (Wildman–Crippen LogP) is 4.28. The van der Waals surface area contributed by atoms with Crippen molar-refractivity contribution in [2.75, 3.05) is 6.61 Å². The van der Waals surface area contributed by atoms with Gasteiger partial charge in [0.25, 0.3) is 0 Å². The number of ether oxygens (including phenoxy) is 1. The fourth-order valence-electron chi connectivity index (χ4n) is 2.28. The van der Waals surface area contributed by atoms with Crippen LogP contribution in [0, 0.1) is 0 Å². The summed E-state index contributed by atoms with van der Waals surface area (Å²) in [5.41, 5.74) is 3.85. The van der Waals surface area contributed by atoms with Gasteiger partial charge in [0.05, 0.1) is 27.9 Å². The minimum Gasteiger partial charge on any atom is -0.506 e. The summed E-state index contributed by atoms with van der Waals surface area (Å²) in [7, 11) is 0. The molecule has 0 fully saturated rings. The summed E-state index contributed by atoms with van der Waals surface area (Å²) >= 11 is 6.46. The largest absolute Gasteiger partial charge is 0.506 e. The van der Waals surface area contributed by atoms with Gasteiger partial charge in [-0.1, -0.05) is 12.1 Å². The summed E-state index contributed by atoms with van der Waals surface area (Å²) in [5.74, 6) is 0.542. The monoisotopic (exact) mass is 498 g/mol. The molecule has 27 heavy (non-hydrogen) atoms. The van der Waals surface area contributed by atoms with E-state index in [4.69, 9.17) is 4.74 Å². The van der Waals surface area contributed by atoms with Crippen LogP contribution in [0.4, 0.5) is 0 Å². The summed E-state index contributed by atoms with van der Waals surface area (Å²) in [4.78, 5) is 11.9. The molecule has 0 spiro atoms. The van der Waals surface area contributed by atoms with Gasteiger partial charge < -0.3 is 14.9 Å². The van der Waals surface area contributed by atoms with Crippen LogP contribution in [0.25, 0.3) is 0 Å². The fraction of sp³-hybridized carbons (Fsp3) is 0.263. The van der Waals surface area contributed by atoms with E-state index in [1.807, 2.05) is 6.92 Å². The number of phenolic OH excluding ortho intramolecular Hbond substituents is 1. The summed E-state index contributed by atoms with van der Waals surface area (Å²) in [6, 6.07) is 10.5. The highest BCUT2D eigenvalue weighted by atomic mass is 79.9. The highest BCUT2D eigenvalue weighted by Gasteiger charge is 2.10. The van der Waals surface area contributed by atoms with Gasteiger partial charge in [-0.2, -0.15) is 5.10 Å². The van der Waals surface area contributed by atoms with Crippen LogP contribution in [0.3, 0.4) is 0 Å². The third-order valence-corrected chi connectivity index (χ3v) is 4.87. The Balaban J connectivity index is 1.81. The molecule has 2 rings (SSSR count). The zero-order valence-corrected chi connectivity index (χ0v) is 17.8. The maximum atomic E-state index is 11.9. The number of hydrogen-bond acceptors (Lipinski definition) is 5. The SMILES string of the molecule is CCOc1ccc([C@@H](O)CCC(=O)N/N=C\c2cc(Br)c(O)c(Br)c2)cc1. The molecule has 144 valence electrons. The second kappa shape index (κ2) is 10.4. The second-order valence-electron chi connectivity index (χ2n) is 5.68. The molecule has 0 aliphatic heterocycles. The third kappa shape index (κ3) is 6.64. The number of aromatic hydroxyl groups is 1. The molecule has 1 amide bonds. The van der Waals surface area contributed by atoms with E-state index in [9.17, 15) is 15.0 Å². The summed E-state index contributed by atoms with van der Waals surface area (Å²) < 4.78 is 6.39. The summed E-state index contributed by atoms with van der Waals surface area (Å²) in [6.07, 6.45) is 1.15. The molecule has 0 heterocycles. The lowest BCUT2D eigenvalue weighted by atomic mass is 10.0. The van der Waals surface area contributed by atoms with E-state index in [0.717, 1.165) is 11.3 Å². The predicted molar refractivity (Wildman–Crippen MR) is 111 cm³/mol. The van der Waals surface area contributed by atoms with Crippen LogP contribution in [0.1, 0.15) is 37.0 Å². The van der Waals surface area contributed by atoms with E-state index in [-0.39, 0.29) is 24.5 Å². The van der Waals surface area contributed by atoms with Crippen molar-refractivity contribution in [3.8, 4) is 11.5 Å². The molecule has 3 N–H and O–H groups in total. The number of benzene rings is 2. The standard InChI is InChI=1S/C19H20Br2N2O4/c1-2-27-14-5-3-13(4-6-14)17(24)7-8-18(25)23-22-11-12-9-15(20)19(26)16(21)10-12/h3-6,9-11,17,24,26H,2,7-8H2,1H3,(H,23,25)/b22-11-/t17-/m0/s1. The molecule has 0 unspecified atom stereocenters. The van der Waals surface area contributed by atoms with Crippen molar-refractivity contribution in [1.82, 2.24) is 5.43 Å². The third-order valence-electron chi connectivity index (χ3n) is 3.66. The van der Waals surface area contributed by atoms with Gasteiger partial charge in [0.15, 0.2) is 0 Å². The molecule has 0 saturated heterocycles. The number of amides is 1. The van der Waals surface area contributed by atoms with Crippen molar-refractivity contribution in [1.29, 1.82) is 0 Å². The number of carbonyl (C=O) groups is 1. The van der Waals surface area contributed by atoms with Crippen molar-refractivity contribution in [3.05, 3.63) is 56.5 Å². The van der Waals surface area contributed by atoms with Crippen molar-refractivity contribution < 1.29 is 19.7 Å². The normalized spacial score (nSPS) is 12.1. The molecule has 8 heteroatoms. The van der Waals surface area contributed by atoms with Crippen LogP contribution >= 0.6 is 31.9 Å². The zero-order chi connectivity index (χ0) is 19.8. The molecule has 0 bridgehead atoms. The van der Waals surface area contributed by atoms with E-state index >= 15 is 0 Å². The molecule has 1 atom stereocenters. The highest BCUT2D eigenvalue weighted by Crippen LogP contribution is 2.32. The smallest absolute Gasteiger partial charge is 0.240 e. The Bertz CT molecular complexity index is 787. The van der Waals surface area contributed by atoms with E-state index < -0.39 is 6.10 Å². The minimum absolute atomic E-state index is 0.0967. The molecule has 0 aliphatic carbocycles. The molecular formula is C19H20Br2N2O4. The molecule has 0 aromatic heterocycles. The first kappa shape index (κ1) is 21.4. The molecular weight excluding hydrogens is 480 g/mol. The lowest BCUT2D eigenvalue weighted by Gasteiger charge is -2.11. The van der Waals surface area contributed by atoms with E-state index in [1.165, 1.54) is 6.21 Å². The van der Waals surface area contributed by atoms with Gasteiger partial charge in [0, 0.05) is 6.42 Å². The number of aliphatic hydroxyl groups excluding tert-OH is 1. The number of halogens is 2. The Morgan fingerprint density at radius 2 is 1.89 bits per heavy atom. The molecule has 0 aliphatic rings. The van der Waals surface area contributed by atoms with Crippen LogP contribution in [0.15, 0.2) is 50.4 Å². The van der Waals surface area contributed by atoms with Crippen molar-refractivity contribution in [2.45, 2.75) is 25.9 Å². The quantitative estimate of drug-likeness (QED) is 0.373. The van der Waals surface area contributed by atoms with Gasteiger partial charge in [-0.3, -0.25) is 4.79 Å². The fourth-order valence-corrected chi connectivity index (χ4v) is 3.50. The van der Waals surface area contributed by atoms with Gasteiger partial charge in [-0.05, 0) is 80.6 Å². The summed E-state index contributed by atoms with van der Waals surface area (Å²) in [6.45, 7) is 2.49. The van der Waals surface area contributed by atoms with Crippen LogP contribution < -0.4 is 10.2 Å². The topological polar surface area (TPSA) is 91.2 Å². The number of hydrazone groups is 1. The lowest BCUT2D eigenvalue weighted by molar-refractivity contribution is -0.121. The molecule has 2 aromatic rings. The number of carbonyl (C=O) groups excluding carboxylic acids is 1. The van der Waals surface area contributed by atoms with E-state index in [0.29, 0.717) is 21.1 Å². The molecule has 0 saturated carbocycles. The lowest BCUT2D eigenvalue weighted by Crippen LogP contribution is -2.18. The maximum Gasteiger partial charge on any atom is 0.240 e. The molecule has 0 radical (unpaired) electrons. The van der Waals surface area contributed by atoms with Gasteiger partial charge in [0.2, 0.25) is 5.91 Å². The molecule has 2 aromatic carbocycles. The number of aliphatic hydroxyl groups is 1. The molecule has 6 nitrogen and oxygen atoms in total. The first-order valence-corrected chi connectivity index (χ1v) is 9.90. The Kier molecular flexibility index (Phi) is 8.27. The average Bonchev–Trinajstić information content (AvgIpc) is 2.65. The van der Waals surface area contributed by atoms with Crippen molar-refractivity contribution >= 4 is 44.0 Å². The number of nitrogens with one attached hydrogen (secondary N) is 1. The van der Waals surface area contributed by atoms with Crippen LogP contribution in [-0.2, 0) is 4.79 Å². The first-order valence-electron chi connectivity index (χ1n) is 8.31. The number of hydrogen-bond donors (Lipinski definition) is 3. The van der Waals surface area contributed by atoms with Crippen molar-refractivity contribution in [3.63, 3.8) is 0 Å². The summed E-state index contributed by atoms with van der Waals surface area (Å²) in [5, 5.41) is 23.7. The van der Waals surface area contributed by atoms with E-state index in [2.05, 4.69) is 42.4 Å². The van der Waals surface area contributed by atoms with Crippen LogP contribution in [0.2, 0.25) is 0 Å². The Hall–Kier alpha value is -1.90. The highest BCUT2D eigenvalue weighted by molar-refractivity contribution is 9.11. The van der Waals surface area contributed by atoms with Gasteiger partial charge >= 0.3 is 0 Å². The number of phenols is 1. The maximum absolute atomic E-state index is 11.9. The minimum atomic E-state index is -0.737. The second-order valence-corrected chi connectivity index (χ2v) is 7.39. The number of nitrogens with zero attached hydrogens (tertiary/aromatic N) is 1. The first-order chi connectivity index (χ1) is 12.9. The Morgan fingerprint density at radius 3 is 2.48 bits per heavy atom. The van der Waals surface area contributed by atoms with Crippen LogP contribution in [0.5, 0.6) is 11.5 Å². The Labute approximate surface area is 174 Å². The number of rotatable bonds is 8. The Morgan fingerprint density at radius 1 is 1.26 bits per heavy atom. The van der Waals surface area contributed by atoms with Gasteiger partial charge in [-0.15, -0.1) is 0 Å².